The fraction of sp³-hybridized carbons (Fsp3) is 1.00. The van der Waals surface area contributed by atoms with Crippen molar-refractivity contribution < 1.29 is 0 Å². The van der Waals surface area contributed by atoms with E-state index >= 15 is 0 Å². The lowest BCUT2D eigenvalue weighted by Crippen LogP contribution is -2.39. The topological polar surface area (TPSA) is 29.3 Å². The van der Waals surface area contributed by atoms with Crippen LogP contribution in [0, 0.1) is 0 Å². The zero-order valence-corrected chi connectivity index (χ0v) is 9.71. The molecule has 13 heavy (non-hydrogen) atoms. The Kier molecular flexibility index (Phi) is 7.29. The van der Waals surface area contributed by atoms with Gasteiger partial charge in [0.15, 0.2) is 0 Å². The maximum atomic E-state index is 5.51. The summed E-state index contributed by atoms with van der Waals surface area (Å²) in [6.07, 6.45) is 3.61. The Morgan fingerprint density at radius 2 is 1.77 bits per heavy atom. The molecule has 0 heterocycles. The molecule has 2 heteroatoms. The number of nitrogens with zero attached hydrogens (tertiary/aromatic N) is 1. The Bertz CT molecular complexity index is 115. The predicted molar refractivity (Wildman–Crippen MR) is 59.9 cm³/mol. The van der Waals surface area contributed by atoms with E-state index in [4.69, 9.17) is 5.73 Å². The third kappa shape index (κ3) is 4.63. The first-order valence-electron chi connectivity index (χ1n) is 5.63. The van der Waals surface area contributed by atoms with E-state index in [1.54, 1.807) is 0 Å². The summed E-state index contributed by atoms with van der Waals surface area (Å²) in [7, 11) is 0. The van der Waals surface area contributed by atoms with Gasteiger partial charge in [-0.05, 0) is 46.2 Å². The van der Waals surface area contributed by atoms with Crippen molar-refractivity contribution in [3.8, 4) is 0 Å². The fourth-order valence-electron chi connectivity index (χ4n) is 1.87. The Morgan fingerprint density at radius 3 is 2.15 bits per heavy atom. The van der Waals surface area contributed by atoms with Gasteiger partial charge in [-0.3, -0.25) is 4.90 Å². The van der Waals surface area contributed by atoms with Gasteiger partial charge in [0.25, 0.3) is 0 Å². The van der Waals surface area contributed by atoms with E-state index in [2.05, 4.69) is 32.6 Å². The molecule has 0 spiro atoms. The molecule has 0 saturated carbocycles. The molecule has 0 radical (unpaired) electrons. The SMILES string of the molecule is CCC(C)N(CC)C(C)CCCN. The van der Waals surface area contributed by atoms with Crippen LogP contribution in [0.25, 0.3) is 0 Å². The Hall–Kier alpha value is -0.0800. The second-order valence-electron chi connectivity index (χ2n) is 3.87. The second-order valence-corrected chi connectivity index (χ2v) is 3.87. The minimum absolute atomic E-state index is 0.684. The standard InChI is InChI=1S/C11H26N2/c1-5-10(3)13(6-2)11(4)8-7-9-12/h10-11H,5-9,12H2,1-4H3. The van der Waals surface area contributed by atoms with Crippen molar-refractivity contribution in [3.63, 3.8) is 0 Å². The highest BCUT2D eigenvalue weighted by molar-refractivity contribution is 4.71. The highest BCUT2D eigenvalue weighted by Crippen LogP contribution is 2.12. The van der Waals surface area contributed by atoms with E-state index in [1.165, 1.54) is 12.8 Å². The molecule has 0 fully saturated rings. The zero-order chi connectivity index (χ0) is 10.3. The summed E-state index contributed by atoms with van der Waals surface area (Å²) in [4.78, 5) is 2.57. The average molecular weight is 186 g/mol. The van der Waals surface area contributed by atoms with Crippen LogP contribution in [-0.2, 0) is 0 Å². The van der Waals surface area contributed by atoms with Crippen LogP contribution in [0.1, 0.15) is 47.0 Å². The third-order valence-corrected chi connectivity index (χ3v) is 2.91. The lowest BCUT2D eigenvalue weighted by Gasteiger charge is -2.33. The summed E-state index contributed by atoms with van der Waals surface area (Å²) < 4.78 is 0. The van der Waals surface area contributed by atoms with Gasteiger partial charge in [-0.1, -0.05) is 13.8 Å². The summed E-state index contributed by atoms with van der Waals surface area (Å²) in [5.74, 6) is 0. The molecule has 0 aromatic rings. The van der Waals surface area contributed by atoms with Crippen molar-refractivity contribution >= 4 is 0 Å². The largest absolute Gasteiger partial charge is 0.330 e. The van der Waals surface area contributed by atoms with E-state index < -0.39 is 0 Å². The van der Waals surface area contributed by atoms with Crippen molar-refractivity contribution in [2.75, 3.05) is 13.1 Å². The maximum absolute atomic E-state index is 5.51. The molecule has 2 N–H and O–H groups in total. The van der Waals surface area contributed by atoms with Gasteiger partial charge in [0, 0.05) is 12.1 Å². The van der Waals surface area contributed by atoms with Gasteiger partial charge in [-0.25, -0.2) is 0 Å². The Balaban J connectivity index is 3.90. The minimum Gasteiger partial charge on any atom is -0.330 e. The van der Waals surface area contributed by atoms with Crippen molar-refractivity contribution in [1.29, 1.82) is 0 Å². The van der Waals surface area contributed by atoms with Crippen LogP contribution in [0.3, 0.4) is 0 Å². The molecule has 0 rings (SSSR count). The smallest absolute Gasteiger partial charge is 0.00701 e. The van der Waals surface area contributed by atoms with Crippen LogP contribution in [0.4, 0.5) is 0 Å². The van der Waals surface area contributed by atoms with Gasteiger partial charge in [-0.15, -0.1) is 0 Å². The molecule has 0 aliphatic rings. The predicted octanol–water partition coefficient (Wildman–Crippen LogP) is 2.23. The van der Waals surface area contributed by atoms with Gasteiger partial charge in [0.05, 0.1) is 0 Å². The van der Waals surface area contributed by atoms with Crippen molar-refractivity contribution in [3.05, 3.63) is 0 Å². The fourth-order valence-corrected chi connectivity index (χ4v) is 1.87. The number of hydrogen-bond donors (Lipinski definition) is 1. The Labute approximate surface area is 83.5 Å². The summed E-state index contributed by atoms with van der Waals surface area (Å²) in [6, 6.07) is 1.39. The molecule has 2 nitrogen and oxygen atoms in total. The average Bonchev–Trinajstić information content (AvgIpc) is 2.15. The molecule has 0 aliphatic carbocycles. The quantitative estimate of drug-likeness (QED) is 0.660. The maximum Gasteiger partial charge on any atom is 0.00701 e. The van der Waals surface area contributed by atoms with Crippen LogP contribution >= 0.6 is 0 Å². The van der Waals surface area contributed by atoms with Crippen LogP contribution in [0.5, 0.6) is 0 Å². The summed E-state index contributed by atoms with van der Waals surface area (Å²) in [5.41, 5.74) is 5.51. The third-order valence-electron chi connectivity index (χ3n) is 2.91. The molecule has 0 aromatic heterocycles. The van der Waals surface area contributed by atoms with Gasteiger partial charge >= 0.3 is 0 Å². The number of rotatable bonds is 7. The highest BCUT2D eigenvalue weighted by atomic mass is 15.2. The van der Waals surface area contributed by atoms with Crippen molar-refractivity contribution in [2.24, 2.45) is 5.73 Å². The van der Waals surface area contributed by atoms with E-state index in [9.17, 15) is 0 Å². The highest BCUT2D eigenvalue weighted by Gasteiger charge is 2.15. The first-order valence-corrected chi connectivity index (χ1v) is 5.63. The van der Waals surface area contributed by atoms with Crippen LogP contribution < -0.4 is 5.73 Å². The first kappa shape index (κ1) is 12.9. The van der Waals surface area contributed by atoms with Gasteiger partial charge in [0.1, 0.15) is 0 Å². The number of hydrogen-bond acceptors (Lipinski definition) is 2. The molecule has 0 amide bonds. The van der Waals surface area contributed by atoms with E-state index in [0.29, 0.717) is 12.1 Å². The normalized spacial score (nSPS) is 16.2. The molecule has 80 valence electrons. The molecule has 2 unspecified atom stereocenters. The molecule has 0 saturated heterocycles. The van der Waals surface area contributed by atoms with Gasteiger partial charge < -0.3 is 5.73 Å². The summed E-state index contributed by atoms with van der Waals surface area (Å²) in [6.45, 7) is 11.1. The lowest BCUT2D eigenvalue weighted by molar-refractivity contribution is 0.150. The summed E-state index contributed by atoms with van der Waals surface area (Å²) >= 11 is 0. The van der Waals surface area contributed by atoms with E-state index in [1.807, 2.05) is 0 Å². The number of nitrogens with two attached hydrogens (primary N) is 1. The van der Waals surface area contributed by atoms with Crippen molar-refractivity contribution in [1.82, 2.24) is 4.90 Å². The van der Waals surface area contributed by atoms with Crippen LogP contribution in [0.2, 0.25) is 0 Å². The van der Waals surface area contributed by atoms with E-state index in [-0.39, 0.29) is 0 Å². The molecular weight excluding hydrogens is 160 g/mol. The monoisotopic (exact) mass is 186 g/mol. The minimum atomic E-state index is 0.684. The lowest BCUT2D eigenvalue weighted by atomic mass is 10.1. The molecule has 0 bridgehead atoms. The Morgan fingerprint density at radius 1 is 1.15 bits per heavy atom. The molecule has 0 aromatic carbocycles. The second kappa shape index (κ2) is 7.34. The van der Waals surface area contributed by atoms with E-state index in [0.717, 1.165) is 19.5 Å². The van der Waals surface area contributed by atoms with Gasteiger partial charge in [-0.2, -0.15) is 0 Å². The van der Waals surface area contributed by atoms with Crippen LogP contribution in [-0.4, -0.2) is 30.1 Å². The molecule has 2 atom stereocenters. The van der Waals surface area contributed by atoms with Crippen molar-refractivity contribution in [2.45, 2.75) is 59.0 Å². The molecule has 0 aliphatic heterocycles. The molecular formula is C11H26N2. The van der Waals surface area contributed by atoms with Crippen LogP contribution in [0.15, 0.2) is 0 Å². The first-order chi connectivity index (χ1) is 6.17. The zero-order valence-electron chi connectivity index (χ0n) is 9.71. The van der Waals surface area contributed by atoms with Gasteiger partial charge in [0.2, 0.25) is 0 Å². The summed E-state index contributed by atoms with van der Waals surface area (Å²) in [5, 5.41) is 0.